The Kier molecular flexibility index (Phi) is 4.42. The van der Waals surface area contributed by atoms with Gasteiger partial charge in [-0.05, 0) is 48.4 Å². The van der Waals surface area contributed by atoms with E-state index in [1.807, 2.05) is 6.07 Å². The molecule has 0 aliphatic carbocycles. The number of hydrogen-bond donors (Lipinski definition) is 0. The summed E-state index contributed by atoms with van der Waals surface area (Å²) in [4.78, 5) is 2.42. The van der Waals surface area contributed by atoms with E-state index < -0.39 is 0 Å². The van der Waals surface area contributed by atoms with Gasteiger partial charge in [0.25, 0.3) is 0 Å². The average Bonchev–Trinajstić information content (AvgIpc) is 2.59. The van der Waals surface area contributed by atoms with Crippen molar-refractivity contribution in [3.8, 4) is 5.75 Å². The summed E-state index contributed by atoms with van der Waals surface area (Å²) < 4.78 is 5.40. The predicted octanol–water partition coefficient (Wildman–Crippen LogP) is 4.76. The molecule has 23 heavy (non-hydrogen) atoms. The molecule has 120 valence electrons. The van der Waals surface area contributed by atoms with Crippen molar-refractivity contribution >= 4 is 0 Å². The van der Waals surface area contributed by atoms with Gasteiger partial charge in [0.1, 0.15) is 5.75 Å². The Morgan fingerprint density at radius 2 is 1.87 bits per heavy atom. The van der Waals surface area contributed by atoms with Crippen LogP contribution in [0.4, 0.5) is 0 Å². The third-order valence-electron chi connectivity index (χ3n) is 5.08. The molecule has 0 fully saturated rings. The average molecular weight is 307 g/mol. The molecule has 0 amide bonds. The van der Waals surface area contributed by atoms with Gasteiger partial charge in [0.05, 0.1) is 7.11 Å². The molecule has 2 aromatic carbocycles. The largest absolute Gasteiger partial charge is 0.497 e. The van der Waals surface area contributed by atoms with Gasteiger partial charge in [0, 0.05) is 18.5 Å². The second-order valence-corrected chi connectivity index (χ2v) is 6.58. The Hall–Kier alpha value is -2.22. The van der Waals surface area contributed by atoms with Crippen LogP contribution >= 0.6 is 0 Å². The summed E-state index contributed by atoms with van der Waals surface area (Å²) in [5, 5.41) is 0. The van der Waals surface area contributed by atoms with Crippen LogP contribution in [0.3, 0.4) is 0 Å². The third kappa shape index (κ3) is 3.26. The van der Waals surface area contributed by atoms with Gasteiger partial charge >= 0.3 is 0 Å². The minimum Gasteiger partial charge on any atom is -0.497 e. The lowest BCUT2D eigenvalue weighted by molar-refractivity contribution is 0.290. The second-order valence-electron chi connectivity index (χ2n) is 6.58. The summed E-state index contributed by atoms with van der Waals surface area (Å²) in [6.45, 7) is 6.64. The molecule has 2 nitrogen and oxygen atoms in total. The molecule has 3 rings (SSSR count). The minimum atomic E-state index is 0.0850. The van der Waals surface area contributed by atoms with Crippen molar-refractivity contribution in [1.29, 1.82) is 0 Å². The first kappa shape index (κ1) is 15.7. The molecular formula is C21H25NO. The highest BCUT2D eigenvalue weighted by atomic mass is 16.5. The van der Waals surface area contributed by atoms with Crippen molar-refractivity contribution in [2.45, 2.75) is 32.2 Å². The van der Waals surface area contributed by atoms with E-state index in [0.717, 1.165) is 25.3 Å². The van der Waals surface area contributed by atoms with E-state index in [2.05, 4.69) is 73.5 Å². The molecule has 1 aliphatic heterocycles. The van der Waals surface area contributed by atoms with Gasteiger partial charge in [-0.15, -0.1) is 0 Å². The Morgan fingerprint density at radius 1 is 1.09 bits per heavy atom. The fraction of sp³-hybridized carbons (Fsp3) is 0.333. The molecule has 1 aliphatic rings. The lowest BCUT2D eigenvalue weighted by atomic mass is 9.72. The van der Waals surface area contributed by atoms with E-state index >= 15 is 0 Å². The van der Waals surface area contributed by atoms with Crippen LogP contribution in [0.1, 0.15) is 31.4 Å². The van der Waals surface area contributed by atoms with Crippen molar-refractivity contribution in [2.24, 2.45) is 0 Å². The number of benzene rings is 2. The summed E-state index contributed by atoms with van der Waals surface area (Å²) in [6, 6.07) is 19.2. The maximum absolute atomic E-state index is 5.40. The van der Waals surface area contributed by atoms with Gasteiger partial charge < -0.3 is 9.64 Å². The zero-order valence-corrected chi connectivity index (χ0v) is 14.3. The summed E-state index contributed by atoms with van der Waals surface area (Å²) in [7, 11) is 1.73. The molecule has 1 heterocycles. The lowest BCUT2D eigenvalue weighted by Gasteiger charge is -2.39. The number of ether oxygens (including phenoxy) is 1. The molecule has 0 bridgehead atoms. The highest BCUT2D eigenvalue weighted by Gasteiger charge is 2.32. The quantitative estimate of drug-likeness (QED) is 0.807. The normalized spacial score (nSPS) is 21.0. The van der Waals surface area contributed by atoms with Crippen LogP contribution in [0.15, 0.2) is 66.4 Å². The van der Waals surface area contributed by atoms with Gasteiger partial charge in [-0.2, -0.15) is 0 Å². The maximum atomic E-state index is 5.40. The summed E-state index contributed by atoms with van der Waals surface area (Å²) in [5.41, 5.74) is 4.20. The van der Waals surface area contributed by atoms with E-state index in [1.165, 1.54) is 16.7 Å². The Balaban J connectivity index is 1.82. The van der Waals surface area contributed by atoms with Crippen molar-refractivity contribution in [3.63, 3.8) is 0 Å². The first-order valence-corrected chi connectivity index (χ1v) is 8.23. The Morgan fingerprint density at radius 3 is 2.57 bits per heavy atom. The van der Waals surface area contributed by atoms with Crippen LogP contribution in [0, 0.1) is 0 Å². The van der Waals surface area contributed by atoms with Crippen LogP contribution in [-0.4, -0.2) is 18.6 Å². The molecule has 0 N–H and O–H groups in total. The molecule has 0 saturated heterocycles. The maximum Gasteiger partial charge on any atom is 0.119 e. The molecule has 2 heteroatoms. The molecule has 0 radical (unpaired) electrons. The first-order chi connectivity index (χ1) is 11.1. The highest BCUT2D eigenvalue weighted by Crippen LogP contribution is 2.39. The SMILES string of the molecule is COc1cccc(C2(C)CCN(Cc3ccccc3)C=C2C)c1. The van der Waals surface area contributed by atoms with Crippen LogP contribution in [0.5, 0.6) is 5.75 Å². The van der Waals surface area contributed by atoms with Crippen molar-refractivity contribution in [1.82, 2.24) is 4.90 Å². The molecule has 2 aromatic rings. The molecule has 1 atom stereocenters. The molecule has 1 unspecified atom stereocenters. The van der Waals surface area contributed by atoms with Gasteiger partial charge in [-0.1, -0.05) is 49.4 Å². The smallest absolute Gasteiger partial charge is 0.119 e. The molecule has 0 aromatic heterocycles. The highest BCUT2D eigenvalue weighted by molar-refractivity contribution is 5.40. The zero-order chi connectivity index (χ0) is 16.3. The Bertz CT molecular complexity index is 692. The zero-order valence-electron chi connectivity index (χ0n) is 14.3. The van der Waals surface area contributed by atoms with E-state index in [0.29, 0.717) is 0 Å². The topological polar surface area (TPSA) is 12.5 Å². The predicted molar refractivity (Wildman–Crippen MR) is 95.6 cm³/mol. The van der Waals surface area contributed by atoms with Crippen molar-refractivity contribution in [3.05, 3.63) is 77.5 Å². The lowest BCUT2D eigenvalue weighted by Crippen LogP contribution is -2.35. The van der Waals surface area contributed by atoms with Gasteiger partial charge in [-0.3, -0.25) is 0 Å². The fourth-order valence-electron chi connectivity index (χ4n) is 3.33. The van der Waals surface area contributed by atoms with Crippen molar-refractivity contribution < 1.29 is 4.74 Å². The van der Waals surface area contributed by atoms with Crippen LogP contribution in [0.25, 0.3) is 0 Å². The van der Waals surface area contributed by atoms with E-state index in [-0.39, 0.29) is 5.41 Å². The minimum absolute atomic E-state index is 0.0850. The molecular weight excluding hydrogens is 282 g/mol. The van der Waals surface area contributed by atoms with E-state index in [9.17, 15) is 0 Å². The van der Waals surface area contributed by atoms with Gasteiger partial charge in [0.15, 0.2) is 0 Å². The van der Waals surface area contributed by atoms with Crippen LogP contribution < -0.4 is 4.74 Å². The van der Waals surface area contributed by atoms with Crippen LogP contribution in [0.2, 0.25) is 0 Å². The second kappa shape index (κ2) is 6.49. The standard InChI is InChI=1S/C21H25NO/c1-17-15-22(16-18-8-5-4-6-9-18)13-12-21(17,2)19-10-7-11-20(14-19)23-3/h4-11,14-15H,12-13,16H2,1-3H3. The number of allylic oxidation sites excluding steroid dienone is 1. The molecule has 0 saturated carbocycles. The van der Waals surface area contributed by atoms with Crippen molar-refractivity contribution in [2.75, 3.05) is 13.7 Å². The number of nitrogens with zero attached hydrogens (tertiary/aromatic N) is 1. The third-order valence-corrected chi connectivity index (χ3v) is 5.08. The van der Waals surface area contributed by atoms with Gasteiger partial charge in [-0.25, -0.2) is 0 Å². The summed E-state index contributed by atoms with van der Waals surface area (Å²) >= 11 is 0. The fourth-order valence-corrected chi connectivity index (χ4v) is 3.33. The molecule has 0 spiro atoms. The Labute approximate surface area is 139 Å². The van der Waals surface area contributed by atoms with E-state index in [4.69, 9.17) is 4.74 Å². The first-order valence-electron chi connectivity index (χ1n) is 8.23. The number of rotatable bonds is 4. The van der Waals surface area contributed by atoms with E-state index in [1.54, 1.807) is 7.11 Å². The monoisotopic (exact) mass is 307 g/mol. The summed E-state index contributed by atoms with van der Waals surface area (Å²) in [6.07, 6.45) is 3.45. The van der Waals surface area contributed by atoms with Gasteiger partial charge in [0.2, 0.25) is 0 Å². The van der Waals surface area contributed by atoms with Crippen LogP contribution in [-0.2, 0) is 12.0 Å². The number of hydrogen-bond acceptors (Lipinski definition) is 2. The summed E-state index contributed by atoms with van der Waals surface area (Å²) in [5.74, 6) is 0.934. The number of methoxy groups -OCH3 is 1.